The highest BCUT2D eigenvalue weighted by atomic mass is 28.4. The number of rotatable bonds is 12. The van der Waals surface area contributed by atoms with Crippen molar-refractivity contribution in [1.29, 1.82) is 0 Å². The predicted octanol–water partition coefficient (Wildman–Crippen LogP) is 2.26. The molecule has 6 heteroatoms. The lowest BCUT2D eigenvalue weighted by molar-refractivity contribution is 0.0311. The van der Waals surface area contributed by atoms with Crippen molar-refractivity contribution in [2.24, 2.45) is 0 Å². The zero-order chi connectivity index (χ0) is 16.3. The van der Waals surface area contributed by atoms with E-state index in [-0.39, 0.29) is 0 Å². The summed E-state index contributed by atoms with van der Waals surface area (Å²) >= 11 is 0. The Morgan fingerprint density at radius 1 is 1.05 bits per heavy atom. The Hall–Kier alpha value is -0.763. The zero-order valence-corrected chi connectivity index (χ0v) is 14.8. The van der Waals surface area contributed by atoms with E-state index < -0.39 is 14.9 Å². The van der Waals surface area contributed by atoms with Crippen LogP contribution in [-0.4, -0.2) is 54.6 Å². The van der Waals surface area contributed by atoms with Gasteiger partial charge in [-0.1, -0.05) is 30.3 Å². The van der Waals surface area contributed by atoms with E-state index in [2.05, 4.69) is 12.1 Å². The molecule has 0 spiro atoms. The number of aliphatic hydroxyl groups is 1. The Kier molecular flexibility index (Phi) is 9.54. The van der Waals surface area contributed by atoms with Crippen LogP contribution >= 0.6 is 0 Å². The van der Waals surface area contributed by atoms with E-state index in [1.807, 2.05) is 18.2 Å². The topological polar surface area (TPSA) is 57.2 Å². The molecule has 5 nitrogen and oxygen atoms in total. The van der Waals surface area contributed by atoms with Crippen molar-refractivity contribution in [2.75, 3.05) is 34.5 Å². The van der Waals surface area contributed by atoms with Crippen LogP contribution in [0, 0.1) is 0 Å². The van der Waals surface area contributed by atoms with Crippen molar-refractivity contribution in [3.63, 3.8) is 0 Å². The van der Waals surface area contributed by atoms with Gasteiger partial charge in [0.15, 0.2) is 0 Å². The number of benzene rings is 1. The number of hydrogen-bond acceptors (Lipinski definition) is 5. The van der Waals surface area contributed by atoms with Crippen LogP contribution in [0.5, 0.6) is 0 Å². The molecule has 0 bridgehead atoms. The summed E-state index contributed by atoms with van der Waals surface area (Å²) in [7, 11) is 2.32. The Bertz CT molecular complexity index is 375. The Balaban J connectivity index is 2.11. The standard InChI is InChI=1S/C16H28O5Si/c1-18-22(19-2,20-3)13-7-12-21-14-16(17)11-10-15-8-5-4-6-9-15/h4-6,8-9,16-17H,7,10-14H2,1-3H3. The molecule has 0 fully saturated rings. The molecule has 0 aliphatic heterocycles. The van der Waals surface area contributed by atoms with E-state index in [1.165, 1.54) is 5.56 Å². The average molecular weight is 328 g/mol. The molecule has 0 amide bonds. The normalized spacial score (nSPS) is 13.3. The van der Waals surface area contributed by atoms with Crippen LogP contribution < -0.4 is 0 Å². The van der Waals surface area contributed by atoms with Gasteiger partial charge in [-0.25, -0.2) is 0 Å². The predicted molar refractivity (Wildman–Crippen MR) is 87.8 cm³/mol. The average Bonchev–Trinajstić information content (AvgIpc) is 2.58. The summed E-state index contributed by atoms with van der Waals surface area (Å²) in [5, 5.41) is 9.92. The van der Waals surface area contributed by atoms with Crippen molar-refractivity contribution in [3.05, 3.63) is 35.9 Å². The molecule has 1 aromatic rings. The SMILES string of the molecule is CO[Si](CCCOCC(O)CCc1ccccc1)(OC)OC. The molecule has 0 radical (unpaired) electrons. The van der Waals surface area contributed by atoms with Gasteiger partial charge in [0.05, 0.1) is 12.7 Å². The fourth-order valence-electron chi connectivity index (χ4n) is 2.23. The largest absolute Gasteiger partial charge is 0.500 e. The van der Waals surface area contributed by atoms with Gasteiger partial charge in [0.1, 0.15) is 0 Å². The Morgan fingerprint density at radius 3 is 2.27 bits per heavy atom. The van der Waals surface area contributed by atoms with Crippen LogP contribution in [-0.2, 0) is 24.4 Å². The number of ether oxygens (including phenoxy) is 1. The summed E-state index contributed by atoms with van der Waals surface area (Å²) in [5.41, 5.74) is 1.23. The van der Waals surface area contributed by atoms with Crippen LogP contribution in [0.1, 0.15) is 18.4 Å². The molecule has 126 valence electrons. The monoisotopic (exact) mass is 328 g/mol. The quantitative estimate of drug-likeness (QED) is 0.471. The highest BCUT2D eigenvalue weighted by molar-refractivity contribution is 6.60. The van der Waals surface area contributed by atoms with E-state index in [0.717, 1.165) is 12.8 Å². The zero-order valence-electron chi connectivity index (χ0n) is 13.8. The van der Waals surface area contributed by atoms with Crippen molar-refractivity contribution in [2.45, 2.75) is 31.4 Å². The number of aliphatic hydroxyl groups excluding tert-OH is 1. The van der Waals surface area contributed by atoms with Gasteiger partial charge in [0.2, 0.25) is 0 Å². The van der Waals surface area contributed by atoms with E-state index in [0.29, 0.717) is 25.7 Å². The fourth-order valence-corrected chi connectivity index (χ4v) is 3.92. The molecule has 0 saturated heterocycles. The minimum absolute atomic E-state index is 0.355. The molecule has 0 saturated carbocycles. The lowest BCUT2D eigenvalue weighted by Crippen LogP contribution is -2.42. The van der Waals surface area contributed by atoms with Crippen molar-refractivity contribution in [3.8, 4) is 0 Å². The molecule has 0 aromatic heterocycles. The van der Waals surface area contributed by atoms with E-state index in [1.54, 1.807) is 21.3 Å². The lowest BCUT2D eigenvalue weighted by Gasteiger charge is -2.24. The minimum Gasteiger partial charge on any atom is -0.391 e. The minimum atomic E-state index is -2.50. The van der Waals surface area contributed by atoms with Gasteiger partial charge in [-0.05, 0) is 24.8 Å². The third-order valence-corrected chi connectivity index (χ3v) is 6.46. The van der Waals surface area contributed by atoms with Gasteiger partial charge in [0, 0.05) is 34.0 Å². The molecule has 0 heterocycles. The van der Waals surface area contributed by atoms with Crippen molar-refractivity contribution >= 4 is 8.80 Å². The highest BCUT2D eigenvalue weighted by Crippen LogP contribution is 2.15. The molecular formula is C16H28O5Si. The summed E-state index contributed by atoms with van der Waals surface area (Å²) in [5.74, 6) is 0. The summed E-state index contributed by atoms with van der Waals surface area (Å²) in [6.45, 7) is 0.918. The first-order valence-corrected chi connectivity index (χ1v) is 9.54. The smallest absolute Gasteiger partial charge is 0.391 e. The van der Waals surface area contributed by atoms with Crippen LogP contribution in [0.25, 0.3) is 0 Å². The second-order valence-electron chi connectivity index (χ2n) is 5.15. The van der Waals surface area contributed by atoms with Crippen LogP contribution in [0.15, 0.2) is 30.3 Å². The van der Waals surface area contributed by atoms with Gasteiger partial charge in [-0.3, -0.25) is 0 Å². The van der Waals surface area contributed by atoms with Crippen molar-refractivity contribution in [1.82, 2.24) is 0 Å². The van der Waals surface area contributed by atoms with Crippen LogP contribution in [0.2, 0.25) is 6.04 Å². The highest BCUT2D eigenvalue weighted by Gasteiger charge is 2.36. The summed E-state index contributed by atoms with van der Waals surface area (Å²) in [4.78, 5) is 0. The summed E-state index contributed by atoms with van der Waals surface area (Å²) in [6, 6.07) is 10.9. The second kappa shape index (κ2) is 10.9. The molecule has 1 rings (SSSR count). The lowest BCUT2D eigenvalue weighted by atomic mass is 10.1. The summed E-state index contributed by atoms with van der Waals surface area (Å²) < 4.78 is 21.5. The maximum Gasteiger partial charge on any atom is 0.500 e. The maximum atomic E-state index is 9.92. The second-order valence-corrected chi connectivity index (χ2v) is 8.24. The molecule has 0 aliphatic carbocycles. The van der Waals surface area contributed by atoms with Gasteiger partial charge in [-0.2, -0.15) is 0 Å². The van der Waals surface area contributed by atoms with Crippen LogP contribution in [0.4, 0.5) is 0 Å². The van der Waals surface area contributed by atoms with Gasteiger partial charge >= 0.3 is 8.80 Å². The molecule has 0 aliphatic rings. The summed E-state index contributed by atoms with van der Waals surface area (Å²) in [6.07, 6.45) is 1.91. The van der Waals surface area contributed by atoms with E-state index >= 15 is 0 Å². The molecule has 1 aromatic carbocycles. The first-order chi connectivity index (χ1) is 10.7. The van der Waals surface area contributed by atoms with Gasteiger partial charge in [-0.15, -0.1) is 0 Å². The number of hydrogen-bond donors (Lipinski definition) is 1. The van der Waals surface area contributed by atoms with Gasteiger partial charge < -0.3 is 23.1 Å². The first kappa shape index (κ1) is 19.3. The molecule has 22 heavy (non-hydrogen) atoms. The molecule has 1 atom stereocenters. The Morgan fingerprint density at radius 2 is 1.68 bits per heavy atom. The Labute approximate surface area is 134 Å². The molecular weight excluding hydrogens is 300 g/mol. The van der Waals surface area contributed by atoms with Crippen molar-refractivity contribution < 1.29 is 23.1 Å². The van der Waals surface area contributed by atoms with E-state index in [4.69, 9.17) is 18.0 Å². The third kappa shape index (κ3) is 7.00. The maximum absolute atomic E-state index is 9.92. The third-order valence-electron chi connectivity index (χ3n) is 3.62. The molecule has 1 unspecified atom stereocenters. The van der Waals surface area contributed by atoms with E-state index in [9.17, 15) is 5.11 Å². The molecule has 1 N–H and O–H groups in total. The fraction of sp³-hybridized carbons (Fsp3) is 0.625. The first-order valence-electron chi connectivity index (χ1n) is 7.61. The van der Waals surface area contributed by atoms with Crippen LogP contribution in [0.3, 0.4) is 0 Å². The van der Waals surface area contributed by atoms with Gasteiger partial charge in [0.25, 0.3) is 0 Å². The number of aryl methyl sites for hydroxylation is 1.